The Balaban J connectivity index is 2.17. The second kappa shape index (κ2) is 7.73. The summed E-state index contributed by atoms with van der Waals surface area (Å²) in [6, 6.07) is -0.301. The molecule has 1 unspecified atom stereocenters. The topological polar surface area (TPSA) is 91.3 Å². The number of aromatic nitrogens is 1. The normalized spacial score (nSPS) is 11.9. The number of carbonyl (C=O) groups excluding carboxylic acids is 1. The molecule has 0 aliphatic heterocycles. The van der Waals surface area contributed by atoms with Crippen LogP contribution < -0.4 is 10.6 Å². The van der Waals surface area contributed by atoms with Crippen molar-refractivity contribution >= 4 is 23.3 Å². The molecule has 0 aliphatic rings. The molecule has 0 radical (unpaired) electrons. The Labute approximate surface area is 116 Å². The van der Waals surface area contributed by atoms with Crippen molar-refractivity contribution in [2.75, 3.05) is 0 Å². The molecule has 106 valence electrons. The van der Waals surface area contributed by atoms with E-state index in [0.29, 0.717) is 19.4 Å². The average molecular weight is 285 g/mol. The third-order valence-electron chi connectivity index (χ3n) is 2.50. The van der Waals surface area contributed by atoms with Gasteiger partial charge in [0.15, 0.2) is 0 Å². The first-order valence-corrected chi connectivity index (χ1v) is 7.02. The first-order valence-electron chi connectivity index (χ1n) is 6.14. The molecule has 0 aromatic carbocycles. The average Bonchev–Trinajstić information content (AvgIpc) is 2.72. The number of nitrogens with zero attached hydrogens (tertiary/aromatic N) is 1. The predicted octanol–water partition coefficient (Wildman–Crippen LogP) is 1.89. The Hall–Kier alpha value is -1.63. The second-order valence-corrected chi connectivity index (χ2v) is 5.43. The molecule has 0 saturated heterocycles. The lowest BCUT2D eigenvalue weighted by Gasteiger charge is -2.13. The quantitative estimate of drug-likeness (QED) is 0.713. The Kier molecular flexibility index (Phi) is 6.27. The van der Waals surface area contributed by atoms with Gasteiger partial charge in [-0.15, -0.1) is 11.3 Å². The predicted molar refractivity (Wildman–Crippen MR) is 73.2 cm³/mol. The Bertz CT molecular complexity index is 434. The molecule has 0 fully saturated rings. The van der Waals surface area contributed by atoms with Crippen LogP contribution in [-0.2, 0) is 11.3 Å². The van der Waals surface area contributed by atoms with Gasteiger partial charge in [0.2, 0.25) is 0 Å². The molecule has 1 heterocycles. The minimum Gasteiger partial charge on any atom is -0.481 e. The zero-order chi connectivity index (χ0) is 14.3. The van der Waals surface area contributed by atoms with Gasteiger partial charge >= 0.3 is 12.0 Å². The van der Waals surface area contributed by atoms with Gasteiger partial charge in [0, 0.05) is 17.8 Å². The number of hydrogen-bond acceptors (Lipinski definition) is 4. The van der Waals surface area contributed by atoms with Crippen LogP contribution in [0.15, 0.2) is 5.38 Å². The lowest BCUT2D eigenvalue weighted by Crippen LogP contribution is -2.40. The van der Waals surface area contributed by atoms with Crippen LogP contribution in [0.3, 0.4) is 0 Å². The van der Waals surface area contributed by atoms with E-state index in [1.165, 1.54) is 0 Å². The summed E-state index contributed by atoms with van der Waals surface area (Å²) < 4.78 is 0. The van der Waals surface area contributed by atoms with Gasteiger partial charge in [-0.05, 0) is 26.7 Å². The Morgan fingerprint density at radius 3 is 2.84 bits per heavy atom. The van der Waals surface area contributed by atoms with Crippen molar-refractivity contribution in [1.82, 2.24) is 15.6 Å². The minimum atomic E-state index is -0.810. The summed E-state index contributed by atoms with van der Waals surface area (Å²) in [6.45, 7) is 4.17. The van der Waals surface area contributed by atoms with Gasteiger partial charge in [0.1, 0.15) is 0 Å². The zero-order valence-corrected chi connectivity index (χ0v) is 11.9. The highest BCUT2D eigenvalue weighted by atomic mass is 32.1. The van der Waals surface area contributed by atoms with E-state index < -0.39 is 5.97 Å². The van der Waals surface area contributed by atoms with E-state index in [2.05, 4.69) is 15.6 Å². The molecule has 1 atom stereocenters. The Morgan fingerprint density at radius 2 is 2.26 bits per heavy atom. The fourth-order valence-corrected chi connectivity index (χ4v) is 2.18. The summed E-state index contributed by atoms with van der Waals surface area (Å²) in [5.74, 6) is -0.810. The molecule has 1 aromatic heterocycles. The van der Waals surface area contributed by atoms with Crippen LogP contribution >= 0.6 is 11.3 Å². The van der Waals surface area contributed by atoms with Crippen molar-refractivity contribution in [2.24, 2.45) is 0 Å². The number of thiazole rings is 1. The van der Waals surface area contributed by atoms with E-state index in [4.69, 9.17) is 5.11 Å². The standard InChI is InChI=1S/C12H19N3O3S/c1-8(4-3-5-11(16)17)14-12(18)13-6-10-7-19-9(2)15-10/h7-8H,3-6H2,1-2H3,(H,16,17)(H2,13,14,18). The number of nitrogens with one attached hydrogen (secondary N) is 2. The van der Waals surface area contributed by atoms with Crippen LogP contribution in [-0.4, -0.2) is 28.1 Å². The number of hydrogen-bond donors (Lipinski definition) is 3. The zero-order valence-electron chi connectivity index (χ0n) is 11.1. The molecule has 6 nitrogen and oxygen atoms in total. The summed E-state index contributed by atoms with van der Waals surface area (Å²) in [5.41, 5.74) is 0.844. The van der Waals surface area contributed by atoms with E-state index >= 15 is 0 Å². The molecule has 1 rings (SSSR count). The van der Waals surface area contributed by atoms with E-state index in [1.807, 2.05) is 19.2 Å². The Morgan fingerprint density at radius 1 is 1.53 bits per heavy atom. The van der Waals surface area contributed by atoms with E-state index in [0.717, 1.165) is 10.7 Å². The van der Waals surface area contributed by atoms with Crippen LogP contribution in [0.5, 0.6) is 0 Å². The molecule has 0 saturated carbocycles. The SMILES string of the molecule is Cc1nc(CNC(=O)NC(C)CCCC(=O)O)cs1. The minimum absolute atomic E-state index is 0.0449. The van der Waals surface area contributed by atoms with Gasteiger partial charge in [-0.2, -0.15) is 0 Å². The largest absolute Gasteiger partial charge is 0.481 e. The molecular weight excluding hydrogens is 266 g/mol. The van der Waals surface area contributed by atoms with Crippen LogP contribution in [0.25, 0.3) is 0 Å². The van der Waals surface area contributed by atoms with Gasteiger partial charge in [-0.3, -0.25) is 4.79 Å². The highest BCUT2D eigenvalue weighted by molar-refractivity contribution is 7.09. The van der Waals surface area contributed by atoms with Crippen LogP contribution in [0, 0.1) is 6.92 Å². The summed E-state index contributed by atoms with van der Waals surface area (Å²) in [4.78, 5) is 26.2. The van der Waals surface area contributed by atoms with E-state index in [-0.39, 0.29) is 18.5 Å². The maximum Gasteiger partial charge on any atom is 0.315 e. The molecule has 1 aromatic rings. The first-order chi connectivity index (χ1) is 8.97. The number of aliphatic carboxylic acids is 1. The molecule has 3 N–H and O–H groups in total. The highest BCUT2D eigenvalue weighted by Crippen LogP contribution is 2.07. The maximum atomic E-state index is 11.6. The van der Waals surface area contributed by atoms with Crippen molar-refractivity contribution in [2.45, 2.75) is 45.7 Å². The van der Waals surface area contributed by atoms with Crippen molar-refractivity contribution in [3.63, 3.8) is 0 Å². The number of carboxylic acids is 1. The lowest BCUT2D eigenvalue weighted by molar-refractivity contribution is -0.137. The van der Waals surface area contributed by atoms with Crippen LogP contribution in [0.2, 0.25) is 0 Å². The van der Waals surface area contributed by atoms with Crippen molar-refractivity contribution in [3.8, 4) is 0 Å². The van der Waals surface area contributed by atoms with E-state index in [9.17, 15) is 9.59 Å². The third kappa shape index (κ3) is 6.76. The van der Waals surface area contributed by atoms with Gasteiger partial charge in [0.25, 0.3) is 0 Å². The van der Waals surface area contributed by atoms with Crippen molar-refractivity contribution in [1.29, 1.82) is 0 Å². The van der Waals surface area contributed by atoms with Gasteiger partial charge in [-0.1, -0.05) is 0 Å². The molecular formula is C12H19N3O3S. The summed E-state index contributed by atoms with van der Waals surface area (Å²) in [7, 11) is 0. The van der Waals surface area contributed by atoms with Crippen LogP contribution in [0.1, 0.15) is 36.9 Å². The van der Waals surface area contributed by atoms with E-state index in [1.54, 1.807) is 11.3 Å². The monoisotopic (exact) mass is 285 g/mol. The fraction of sp³-hybridized carbons (Fsp3) is 0.583. The summed E-state index contributed by atoms with van der Waals surface area (Å²) >= 11 is 1.55. The number of carboxylic acid groups (broad SMARTS) is 1. The van der Waals surface area contributed by atoms with Crippen molar-refractivity contribution in [3.05, 3.63) is 16.1 Å². The number of rotatable bonds is 7. The maximum absolute atomic E-state index is 11.6. The smallest absolute Gasteiger partial charge is 0.315 e. The van der Waals surface area contributed by atoms with Crippen molar-refractivity contribution < 1.29 is 14.7 Å². The summed E-state index contributed by atoms with van der Waals surface area (Å²) in [6.07, 6.45) is 1.34. The molecule has 19 heavy (non-hydrogen) atoms. The van der Waals surface area contributed by atoms with Crippen LogP contribution in [0.4, 0.5) is 4.79 Å². The molecule has 0 aliphatic carbocycles. The molecule has 0 bridgehead atoms. The molecule has 2 amide bonds. The fourth-order valence-electron chi connectivity index (χ4n) is 1.57. The number of amides is 2. The third-order valence-corrected chi connectivity index (χ3v) is 3.32. The number of carbonyl (C=O) groups is 2. The number of aryl methyl sites for hydroxylation is 1. The van der Waals surface area contributed by atoms with Gasteiger partial charge in [0.05, 0.1) is 17.2 Å². The second-order valence-electron chi connectivity index (χ2n) is 4.37. The number of urea groups is 1. The summed E-state index contributed by atoms with van der Waals surface area (Å²) in [5, 5.41) is 16.9. The molecule has 7 heteroatoms. The molecule has 0 spiro atoms. The lowest BCUT2D eigenvalue weighted by atomic mass is 10.1. The van der Waals surface area contributed by atoms with Gasteiger partial charge < -0.3 is 15.7 Å². The van der Waals surface area contributed by atoms with Gasteiger partial charge in [-0.25, -0.2) is 9.78 Å². The first kappa shape index (κ1) is 15.4. The highest BCUT2D eigenvalue weighted by Gasteiger charge is 2.08.